The zero-order chi connectivity index (χ0) is 19.1. The highest BCUT2D eigenvalue weighted by atomic mass is 19.1. The van der Waals surface area contributed by atoms with Gasteiger partial charge in [0.05, 0.1) is 6.04 Å². The van der Waals surface area contributed by atoms with Gasteiger partial charge in [0.2, 0.25) is 0 Å². The largest absolute Gasteiger partial charge is 0.352 e. The summed E-state index contributed by atoms with van der Waals surface area (Å²) in [6.45, 7) is 2.75. The van der Waals surface area contributed by atoms with Gasteiger partial charge in [0.15, 0.2) is 0 Å². The summed E-state index contributed by atoms with van der Waals surface area (Å²) in [6, 6.07) is 7.38. The van der Waals surface area contributed by atoms with E-state index in [0.29, 0.717) is 36.8 Å². The Balaban J connectivity index is 1.36. The topological polar surface area (TPSA) is 88.0 Å². The van der Waals surface area contributed by atoms with E-state index in [4.69, 9.17) is 0 Å². The van der Waals surface area contributed by atoms with Gasteiger partial charge in [0, 0.05) is 31.4 Å². The fourth-order valence-corrected chi connectivity index (χ4v) is 3.01. The average Bonchev–Trinajstić information content (AvgIpc) is 3.19. The smallest absolute Gasteiger partial charge is 0.271 e. The van der Waals surface area contributed by atoms with Gasteiger partial charge in [-0.1, -0.05) is 0 Å². The molecule has 1 unspecified atom stereocenters. The van der Waals surface area contributed by atoms with Gasteiger partial charge in [0.1, 0.15) is 11.5 Å². The van der Waals surface area contributed by atoms with Crippen LogP contribution in [0.15, 0.2) is 36.5 Å². The van der Waals surface area contributed by atoms with Crippen LogP contribution in [0.25, 0.3) is 0 Å². The van der Waals surface area contributed by atoms with Gasteiger partial charge in [-0.25, -0.2) is 4.39 Å². The van der Waals surface area contributed by atoms with Crippen molar-refractivity contribution in [1.82, 2.24) is 25.7 Å². The maximum atomic E-state index is 12.8. The summed E-state index contributed by atoms with van der Waals surface area (Å²) in [5.74, 6) is -0.861. The predicted molar refractivity (Wildman–Crippen MR) is 99.1 cm³/mol. The predicted octanol–water partition coefficient (Wildman–Crippen LogP) is 1.50. The second-order valence-electron chi connectivity index (χ2n) is 6.55. The first-order valence-corrected chi connectivity index (χ1v) is 9.21. The summed E-state index contributed by atoms with van der Waals surface area (Å²) in [5, 5.41) is 13.2. The minimum atomic E-state index is -0.378. The van der Waals surface area contributed by atoms with Gasteiger partial charge >= 0.3 is 0 Å². The van der Waals surface area contributed by atoms with Crippen molar-refractivity contribution >= 4 is 11.8 Å². The summed E-state index contributed by atoms with van der Waals surface area (Å²) in [5.41, 5.74) is 0.805. The Labute approximate surface area is 157 Å². The van der Waals surface area contributed by atoms with Crippen molar-refractivity contribution in [1.29, 1.82) is 0 Å². The Morgan fingerprint density at radius 1 is 1.15 bits per heavy atom. The van der Waals surface area contributed by atoms with E-state index in [1.807, 2.05) is 10.9 Å². The standard InChI is InChI=1S/C19H24FN5O2/c20-15-6-4-14(5-7-15)18(26)22-10-2-11-23-19(27)17-8-12-25(24-17)16-3-1-9-21-13-16/h4-8,12,16,21H,1-3,9-11,13H2,(H,22,26)(H,23,27). The molecule has 8 heteroatoms. The van der Waals surface area contributed by atoms with Crippen LogP contribution in [0.3, 0.4) is 0 Å². The molecule has 144 valence electrons. The molecule has 2 amide bonds. The highest BCUT2D eigenvalue weighted by Gasteiger charge is 2.17. The lowest BCUT2D eigenvalue weighted by Gasteiger charge is -2.22. The lowest BCUT2D eigenvalue weighted by atomic mass is 10.1. The van der Waals surface area contributed by atoms with E-state index in [0.717, 1.165) is 25.9 Å². The molecule has 1 fully saturated rings. The molecule has 3 rings (SSSR count). The molecular weight excluding hydrogens is 349 g/mol. The second-order valence-corrected chi connectivity index (χ2v) is 6.55. The highest BCUT2D eigenvalue weighted by Crippen LogP contribution is 2.15. The van der Waals surface area contributed by atoms with Crippen LogP contribution in [0, 0.1) is 5.82 Å². The molecule has 0 spiro atoms. The summed E-state index contributed by atoms with van der Waals surface area (Å²) in [4.78, 5) is 24.1. The summed E-state index contributed by atoms with van der Waals surface area (Å²) >= 11 is 0. The zero-order valence-corrected chi connectivity index (χ0v) is 15.1. The highest BCUT2D eigenvalue weighted by molar-refractivity contribution is 5.94. The molecule has 27 heavy (non-hydrogen) atoms. The quantitative estimate of drug-likeness (QED) is 0.642. The summed E-state index contributed by atoms with van der Waals surface area (Å²) in [7, 11) is 0. The van der Waals surface area contributed by atoms with Gasteiger partial charge < -0.3 is 16.0 Å². The number of amides is 2. The van der Waals surface area contributed by atoms with Gasteiger partial charge in [-0.2, -0.15) is 5.10 Å². The molecule has 0 aliphatic carbocycles. The minimum absolute atomic E-state index is 0.220. The number of carbonyl (C=O) groups excluding carboxylic acids is 2. The van der Waals surface area contributed by atoms with Crippen LogP contribution in [-0.4, -0.2) is 47.8 Å². The van der Waals surface area contributed by atoms with Crippen LogP contribution in [0.2, 0.25) is 0 Å². The molecule has 1 aromatic heterocycles. The van der Waals surface area contributed by atoms with Gasteiger partial charge in [-0.3, -0.25) is 14.3 Å². The number of hydrogen-bond acceptors (Lipinski definition) is 4. The number of carbonyl (C=O) groups is 2. The lowest BCUT2D eigenvalue weighted by molar-refractivity contribution is 0.0946. The van der Waals surface area contributed by atoms with Crippen molar-refractivity contribution in [3.05, 3.63) is 53.6 Å². The van der Waals surface area contributed by atoms with E-state index < -0.39 is 0 Å². The third-order valence-electron chi connectivity index (χ3n) is 4.52. The minimum Gasteiger partial charge on any atom is -0.352 e. The van der Waals surface area contributed by atoms with Gasteiger partial charge in [0.25, 0.3) is 11.8 Å². The molecule has 2 heterocycles. The molecule has 0 radical (unpaired) electrons. The molecule has 0 bridgehead atoms. The Hall–Kier alpha value is -2.74. The van der Waals surface area contributed by atoms with E-state index in [1.165, 1.54) is 24.3 Å². The Morgan fingerprint density at radius 2 is 1.89 bits per heavy atom. The fraction of sp³-hybridized carbons (Fsp3) is 0.421. The van der Waals surface area contributed by atoms with Gasteiger partial charge in [-0.15, -0.1) is 0 Å². The zero-order valence-electron chi connectivity index (χ0n) is 15.1. The molecule has 3 N–H and O–H groups in total. The lowest BCUT2D eigenvalue weighted by Crippen LogP contribution is -2.32. The van der Waals surface area contributed by atoms with Crippen LogP contribution in [0.4, 0.5) is 4.39 Å². The first-order chi connectivity index (χ1) is 13.1. The van der Waals surface area contributed by atoms with Crippen molar-refractivity contribution in [2.24, 2.45) is 0 Å². The maximum Gasteiger partial charge on any atom is 0.271 e. The molecule has 1 saturated heterocycles. The van der Waals surface area contributed by atoms with Gasteiger partial charge in [-0.05, 0) is 56.1 Å². The van der Waals surface area contributed by atoms with E-state index >= 15 is 0 Å². The van der Waals surface area contributed by atoms with Crippen molar-refractivity contribution in [2.45, 2.75) is 25.3 Å². The number of nitrogens with zero attached hydrogens (tertiary/aromatic N) is 2. The number of nitrogens with one attached hydrogen (secondary N) is 3. The molecule has 1 atom stereocenters. The number of halogens is 1. The Kier molecular flexibility index (Phi) is 6.54. The summed E-state index contributed by atoms with van der Waals surface area (Å²) in [6.07, 6.45) is 4.60. The number of rotatable bonds is 7. The molecule has 2 aromatic rings. The number of aromatic nitrogens is 2. The van der Waals surface area contributed by atoms with Crippen molar-refractivity contribution in [3.8, 4) is 0 Å². The third-order valence-corrected chi connectivity index (χ3v) is 4.52. The first-order valence-electron chi connectivity index (χ1n) is 9.21. The molecule has 1 aromatic carbocycles. The number of hydrogen-bond donors (Lipinski definition) is 3. The van der Waals surface area contributed by atoms with Crippen LogP contribution in [-0.2, 0) is 0 Å². The normalized spacial score (nSPS) is 16.7. The van der Waals surface area contributed by atoms with E-state index in [2.05, 4.69) is 21.0 Å². The van der Waals surface area contributed by atoms with Crippen LogP contribution >= 0.6 is 0 Å². The van der Waals surface area contributed by atoms with E-state index in [1.54, 1.807) is 6.07 Å². The van der Waals surface area contributed by atoms with Crippen LogP contribution in [0.5, 0.6) is 0 Å². The van der Waals surface area contributed by atoms with Crippen LogP contribution in [0.1, 0.15) is 46.2 Å². The average molecular weight is 373 g/mol. The first kappa shape index (κ1) is 19.0. The molecule has 1 aliphatic heterocycles. The Bertz CT molecular complexity index is 769. The number of benzene rings is 1. The number of piperidine rings is 1. The third kappa shape index (κ3) is 5.37. The fourth-order valence-electron chi connectivity index (χ4n) is 3.01. The van der Waals surface area contributed by atoms with E-state index in [-0.39, 0.29) is 17.6 Å². The van der Waals surface area contributed by atoms with Crippen LogP contribution < -0.4 is 16.0 Å². The van der Waals surface area contributed by atoms with Crippen molar-refractivity contribution in [2.75, 3.05) is 26.2 Å². The van der Waals surface area contributed by atoms with Crippen molar-refractivity contribution in [3.63, 3.8) is 0 Å². The molecule has 0 saturated carbocycles. The summed E-state index contributed by atoms with van der Waals surface area (Å²) < 4.78 is 14.7. The molecule has 1 aliphatic rings. The molecular formula is C19H24FN5O2. The van der Waals surface area contributed by atoms with Crippen molar-refractivity contribution < 1.29 is 14.0 Å². The maximum absolute atomic E-state index is 12.8. The van der Waals surface area contributed by atoms with E-state index in [9.17, 15) is 14.0 Å². The second kappa shape index (κ2) is 9.27. The SMILES string of the molecule is O=C(NCCCNC(=O)c1ccn(C2CCCNC2)n1)c1ccc(F)cc1. The monoisotopic (exact) mass is 373 g/mol. The molecule has 7 nitrogen and oxygen atoms in total. The Morgan fingerprint density at radius 3 is 2.59 bits per heavy atom.